The third-order valence-electron chi connectivity index (χ3n) is 5.79. The second kappa shape index (κ2) is 8.84. The molecule has 2 aliphatic rings. The third-order valence-corrected chi connectivity index (χ3v) is 5.79. The Balaban J connectivity index is 1.48. The fraction of sp³-hybridized carbons (Fsp3) is 0.231. The molecule has 3 aromatic rings. The third kappa shape index (κ3) is 4.02. The lowest BCUT2D eigenvalue weighted by molar-refractivity contribution is 0.0322. The van der Waals surface area contributed by atoms with Crippen LogP contribution in [0.3, 0.4) is 0 Å². The molecule has 0 amide bonds. The van der Waals surface area contributed by atoms with Crippen LogP contribution in [0.25, 0.3) is 11.1 Å². The van der Waals surface area contributed by atoms with Gasteiger partial charge in [0, 0.05) is 48.7 Å². The van der Waals surface area contributed by atoms with Crippen molar-refractivity contribution in [2.45, 2.75) is 0 Å². The average Bonchev–Trinajstić information content (AvgIpc) is 3.12. The van der Waals surface area contributed by atoms with Gasteiger partial charge in [-0.2, -0.15) is 0 Å². The molecule has 2 aromatic carbocycles. The zero-order valence-electron chi connectivity index (χ0n) is 17.3. The second-order valence-corrected chi connectivity index (χ2v) is 7.69. The number of allylic oxidation sites excluding steroid dienone is 1. The molecule has 1 saturated heterocycles. The van der Waals surface area contributed by atoms with Crippen LogP contribution >= 0.6 is 0 Å². The van der Waals surface area contributed by atoms with E-state index in [-0.39, 0.29) is 5.78 Å². The number of carbonyl (C=O) groups is 1. The first kappa shape index (κ1) is 19.7. The lowest BCUT2D eigenvalue weighted by Crippen LogP contribution is -2.38. The van der Waals surface area contributed by atoms with E-state index in [9.17, 15) is 4.79 Å². The zero-order valence-corrected chi connectivity index (χ0v) is 17.3. The molecule has 0 unspecified atom stereocenters. The second-order valence-electron chi connectivity index (χ2n) is 7.69. The van der Waals surface area contributed by atoms with E-state index in [2.05, 4.69) is 9.88 Å². The van der Waals surface area contributed by atoms with Gasteiger partial charge in [-0.05, 0) is 47.0 Å². The summed E-state index contributed by atoms with van der Waals surface area (Å²) < 4.78 is 11.5. The first-order chi connectivity index (χ1) is 15.3. The molecule has 31 heavy (non-hydrogen) atoms. The van der Waals surface area contributed by atoms with Crippen molar-refractivity contribution >= 4 is 16.9 Å². The number of fused-ring (bicyclic) bond motifs is 1. The van der Waals surface area contributed by atoms with E-state index in [1.165, 1.54) is 0 Å². The largest absolute Gasteiger partial charge is 0.492 e. The Labute approximate surface area is 181 Å². The number of morpholine rings is 1. The monoisotopic (exact) mass is 412 g/mol. The van der Waals surface area contributed by atoms with Crippen molar-refractivity contribution in [2.24, 2.45) is 0 Å². The smallest absolute Gasteiger partial charge is 0.194 e. The fourth-order valence-electron chi connectivity index (χ4n) is 4.22. The molecule has 2 heterocycles. The molecule has 5 nitrogen and oxygen atoms in total. The summed E-state index contributed by atoms with van der Waals surface area (Å²) in [6, 6.07) is 19.6. The average molecular weight is 412 g/mol. The number of hydrogen-bond acceptors (Lipinski definition) is 5. The molecule has 0 spiro atoms. The number of benzene rings is 2. The van der Waals surface area contributed by atoms with Crippen molar-refractivity contribution in [3.05, 3.63) is 95.3 Å². The first-order valence-corrected chi connectivity index (χ1v) is 10.6. The van der Waals surface area contributed by atoms with Crippen LogP contribution in [0.2, 0.25) is 0 Å². The Morgan fingerprint density at radius 3 is 2.39 bits per heavy atom. The van der Waals surface area contributed by atoms with E-state index in [0.29, 0.717) is 17.7 Å². The highest BCUT2D eigenvalue weighted by atomic mass is 16.5. The molecule has 0 bridgehead atoms. The van der Waals surface area contributed by atoms with Crippen molar-refractivity contribution in [3.63, 3.8) is 0 Å². The number of carbonyl (C=O) groups excluding carboxylic acids is 1. The number of pyridine rings is 1. The molecule has 156 valence electrons. The molecule has 0 saturated carbocycles. The summed E-state index contributed by atoms with van der Waals surface area (Å²) in [5, 5.41) is 0. The maximum absolute atomic E-state index is 13.4. The van der Waals surface area contributed by atoms with Gasteiger partial charge in [-0.15, -0.1) is 0 Å². The SMILES string of the molecule is O=C1C(c2ccncc2)=C(c2ccccc2)c2cc(OCCN3CCOCC3)ccc21. The first-order valence-electron chi connectivity index (χ1n) is 10.6. The Bertz CT molecular complexity index is 1100. The van der Waals surface area contributed by atoms with Crippen LogP contribution < -0.4 is 4.74 Å². The molecule has 1 aliphatic carbocycles. The van der Waals surface area contributed by atoms with Crippen LogP contribution in [0.1, 0.15) is 27.0 Å². The Morgan fingerprint density at radius 1 is 0.871 bits per heavy atom. The predicted octanol–water partition coefficient (Wildman–Crippen LogP) is 3.95. The van der Waals surface area contributed by atoms with Gasteiger partial charge in [-0.3, -0.25) is 14.7 Å². The van der Waals surface area contributed by atoms with Gasteiger partial charge < -0.3 is 9.47 Å². The Morgan fingerprint density at radius 2 is 1.61 bits per heavy atom. The van der Waals surface area contributed by atoms with Crippen LogP contribution in [0.5, 0.6) is 5.75 Å². The summed E-state index contributed by atoms with van der Waals surface area (Å²) in [7, 11) is 0. The van der Waals surface area contributed by atoms with E-state index >= 15 is 0 Å². The van der Waals surface area contributed by atoms with Crippen LogP contribution in [-0.2, 0) is 4.74 Å². The van der Waals surface area contributed by atoms with E-state index in [1.54, 1.807) is 12.4 Å². The molecule has 0 N–H and O–H groups in total. The van der Waals surface area contributed by atoms with Crippen molar-refractivity contribution in [1.29, 1.82) is 0 Å². The highest BCUT2D eigenvalue weighted by Gasteiger charge is 2.31. The van der Waals surface area contributed by atoms with Crippen LogP contribution in [-0.4, -0.2) is 55.1 Å². The normalized spacial score (nSPS) is 16.5. The predicted molar refractivity (Wildman–Crippen MR) is 120 cm³/mol. The van der Waals surface area contributed by atoms with Crippen LogP contribution in [0.4, 0.5) is 0 Å². The Kier molecular flexibility index (Phi) is 5.61. The quantitative estimate of drug-likeness (QED) is 0.614. The number of rotatable bonds is 6. The van der Waals surface area contributed by atoms with Gasteiger partial charge in [0.1, 0.15) is 12.4 Å². The molecule has 1 aliphatic heterocycles. The Hall–Kier alpha value is -3.28. The van der Waals surface area contributed by atoms with Crippen molar-refractivity contribution < 1.29 is 14.3 Å². The summed E-state index contributed by atoms with van der Waals surface area (Å²) in [5.41, 5.74) is 5.20. The van der Waals surface area contributed by atoms with Gasteiger partial charge in [0.2, 0.25) is 0 Å². The van der Waals surface area contributed by atoms with Crippen molar-refractivity contribution in [3.8, 4) is 5.75 Å². The van der Waals surface area contributed by atoms with Crippen LogP contribution in [0.15, 0.2) is 73.1 Å². The van der Waals surface area contributed by atoms with E-state index in [0.717, 1.165) is 60.9 Å². The van der Waals surface area contributed by atoms with E-state index < -0.39 is 0 Å². The topological polar surface area (TPSA) is 51.7 Å². The van der Waals surface area contributed by atoms with E-state index in [1.807, 2.05) is 60.7 Å². The van der Waals surface area contributed by atoms with Crippen molar-refractivity contribution in [2.75, 3.05) is 39.5 Å². The number of hydrogen-bond donors (Lipinski definition) is 0. The summed E-state index contributed by atoms with van der Waals surface area (Å²) >= 11 is 0. The minimum atomic E-state index is 0.0416. The minimum absolute atomic E-state index is 0.0416. The molecule has 0 atom stereocenters. The van der Waals surface area contributed by atoms with Gasteiger partial charge in [0.05, 0.1) is 13.2 Å². The van der Waals surface area contributed by atoms with Gasteiger partial charge in [0.25, 0.3) is 0 Å². The zero-order chi connectivity index (χ0) is 21.0. The fourth-order valence-corrected chi connectivity index (χ4v) is 4.22. The number of ketones is 1. The number of nitrogens with zero attached hydrogens (tertiary/aromatic N) is 2. The summed E-state index contributed by atoms with van der Waals surface area (Å²) in [5.74, 6) is 0.823. The molecule has 5 rings (SSSR count). The highest BCUT2D eigenvalue weighted by Crippen LogP contribution is 2.43. The summed E-state index contributed by atoms with van der Waals surface area (Å²) in [4.78, 5) is 19.8. The van der Waals surface area contributed by atoms with Gasteiger partial charge in [-0.25, -0.2) is 0 Å². The molecule has 1 fully saturated rings. The summed E-state index contributed by atoms with van der Waals surface area (Å²) in [6.07, 6.45) is 3.45. The van der Waals surface area contributed by atoms with E-state index in [4.69, 9.17) is 9.47 Å². The summed E-state index contributed by atoms with van der Waals surface area (Å²) in [6.45, 7) is 4.92. The molecule has 1 aromatic heterocycles. The maximum Gasteiger partial charge on any atom is 0.194 e. The maximum atomic E-state index is 13.4. The number of Topliss-reactive ketones (excluding diaryl/α,β-unsaturated/α-hetero) is 1. The molecular weight excluding hydrogens is 388 g/mol. The van der Waals surface area contributed by atoms with Gasteiger partial charge in [-0.1, -0.05) is 30.3 Å². The molecule has 0 radical (unpaired) electrons. The molecule has 5 heteroatoms. The van der Waals surface area contributed by atoms with Gasteiger partial charge >= 0.3 is 0 Å². The number of aromatic nitrogens is 1. The van der Waals surface area contributed by atoms with Crippen molar-refractivity contribution in [1.82, 2.24) is 9.88 Å². The standard InChI is InChI=1S/C26H24N2O3/c29-26-22-7-6-21(31-17-14-28-12-15-30-16-13-28)18-23(22)24(19-4-2-1-3-5-19)25(26)20-8-10-27-11-9-20/h1-11,18H,12-17H2. The number of ether oxygens (including phenoxy) is 2. The molecular formula is C26H24N2O3. The highest BCUT2D eigenvalue weighted by molar-refractivity contribution is 6.41. The minimum Gasteiger partial charge on any atom is -0.492 e. The lowest BCUT2D eigenvalue weighted by Gasteiger charge is -2.26. The van der Waals surface area contributed by atoms with Gasteiger partial charge in [0.15, 0.2) is 5.78 Å². The van der Waals surface area contributed by atoms with Crippen LogP contribution in [0, 0.1) is 0 Å². The lowest BCUT2D eigenvalue weighted by atomic mass is 9.95.